The summed E-state index contributed by atoms with van der Waals surface area (Å²) in [6.07, 6.45) is 4.66. The molecule has 1 saturated heterocycles. The van der Waals surface area contributed by atoms with E-state index >= 15 is 0 Å². The Balaban J connectivity index is 1.36. The van der Waals surface area contributed by atoms with E-state index in [0.717, 1.165) is 52.2 Å². The van der Waals surface area contributed by atoms with Crippen LogP contribution in [0.4, 0.5) is 5.13 Å². The average molecular weight is 400 g/mol. The third-order valence-electron chi connectivity index (χ3n) is 5.76. The predicted octanol–water partition coefficient (Wildman–Crippen LogP) is 6.22. The molecule has 1 fully saturated rings. The van der Waals surface area contributed by atoms with E-state index in [1.165, 1.54) is 19.3 Å². The number of nitrogens with zero attached hydrogens (tertiary/aromatic N) is 2. The largest absolute Gasteiger partial charge is 0.494 e. The molecule has 141 valence electrons. The monoisotopic (exact) mass is 399 g/mol. The van der Waals surface area contributed by atoms with Gasteiger partial charge in [-0.25, -0.2) is 4.98 Å². The lowest BCUT2D eigenvalue weighted by Gasteiger charge is -2.41. The molecule has 1 radical (unpaired) electrons. The first-order chi connectivity index (χ1) is 13.2. The molecule has 2 aromatic carbocycles. The molecule has 0 bridgehead atoms. The Morgan fingerprint density at radius 1 is 1.30 bits per heavy atom. The second-order valence-electron chi connectivity index (χ2n) is 7.29. The molecule has 1 aromatic heterocycles. The molecule has 0 amide bonds. The first-order valence-electron chi connectivity index (χ1n) is 9.57. The minimum atomic E-state index is 0.370. The molecule has 0 atom stereocenters. The van der Waals surface area contributed by atoms with Crippen molar-refractivity contribution in [2.75, 3.05) is 24.6 Å². The summed E-state index contributed by atoms with van der Waals surface area (Å²) in [5.74, 6) is 0.911. The van der Waals surface area contributed by atoms with Gasteiger partial charge in [0.2, 0.25) is 0 Å². The summed E-state index contributed by atoms with van der Waals surface area (Å²) >= 11 is 7.86. The van der Waals surface area contributed by atoms with Gasteiger partial charge in [0.1, 0.15) is 5.75 Å². The number of ether oxygens (including phenoxy) is 1. The maximum absolute atomic E-state index is 6.11. The fourth-order valence-electron chi connectivity index (χ4n) is 3.83. The normalized spacial score (nSPS) is 16.6. The molecular formula is C22H24ClN2OS. The molecule has 0 aliphatic carbocycles. The molecule has 0 spiro atoms. The van der Waals surface area contributed by atoms with Gasteiger partial charge in [0.05, 0.1) is 16.8 Å². The molecule has 3 aromatic rings. The van der Waals surface area contributed by atoms with Gasteiger partial charge in [-0.2, -0.15) is 0 Å². The van der Waals surface area contributed by atoms with Crippen molar-refractivity contribution in [3.8, 4) is 5.75 Å². The molecule has 3 nitrogen and oxygen atoms in total. The standard InChI is InChI=1S/C22H24ClN2OS/c1-2-22(12-15-26-18-6-4-3-5-7-18)10-13-25(14-11-22)21-24-19-9-8-17(23)16-20(19)27-21/h3-4,6-9,16H,2,10-15H2,1H3. The Hall–Kier alpha value is -1.78. The number of hydrogen-bond acceptors (Lipinski definition) is 4. The molecule has 0 saturated carbocycles. The van der Waals surface area contributed by atoms with Crippen LogP contribution in [-0.2, 0) is 0 Å². The van der Waals surface area contributed by atoms with Crippen LogP contribution >= 0.6 is 22.9 Å². The predicted molar refractivity (Wildman–Crippen MR) is 114 cm³/mol. The van der Waals surface area contributed by atoms with Gasteiger partial charge in [-0.15, -0.1) is 0 Å². The minimum absolute atomic E-state index is 0.370. The second kappa shape index (κ2) is 8.07. The summed E-state index contributed by atoms with van der Waals surface area (Å²) in [7, 11) is 0. The van der Waals surface area contributed by atoms with E-state index in [-0.39, 0.29) is 0 Å². The Labute approximate surface area is 169 Å². The van der Waals surface area contributed by atoms with Crippen LogP contribution in [0.5, 0.6) is 5.75 Å². The maximum Gasteiger partial charge on any atom is 0.186 e. The van der Waals surface area contributed by atoms with Gasteiger partial charge in [-0.3, -0.25) is 0 Å². The molecule has 0 N–H and O–H groups in total. The van der Waals surface area contributed by atoms with Crippen molar-refractivity contribution in [2.24, 2.45) is 5.41 Å². The smallest absolute Gasteiger partial charge is 0.186 e. The summed E-state index contributed by atoms with van der Waals surface area (Å²) in [6, 6.07) is 16.8. The van der Waals surface area contributed by atoms with Crippen LogP contribution in [0.15, 0.2) is 42.5 Å². The number of halogens is 1. The van der Waals surface area contributed by atoms with E-state index in [1.807, 2.05) is 42.5 Å². The van der Waals surface area contributed by atoms with Crippen LogP contribution in [-0.4, -0.2) is 24.7 Å². The summed E-state index contributed by atoms with van der Waals surface area (Å²) in [5, 5.41) is 1.89. The van der Waals surface area contributed by atoms with E-state index in [0.29, 0.717) is 5.41 Å². The first-order valence-corrected chi connectivity index (χ1v) is 10.8. The Morgan fingerprint density at radius 3 is 2.89 bits per heavy atom. The molecule has 0 unspecified atom stereocenters. The maximum atomic E-state index is 6.11. The summed E-state index contributed by atoms with van der Waals surface area (Å²) < 4.78 is 7.10. The van der Waals surface area contributed by atoms with Gasteiger partial charge >= 0.3 is 0 Å². The van der Waals surface area contributed by atoms with E-state index in [2.05, 4.69) is 17.9 Å². The number of hydrogen-bond donors (Lipinski definition) is 0. The third-order valence-corrected chi connectivity index (χ3v) is 7.08. The Morgan fingerprint density at radius 2 is 2.15 bits per heavy atom. The zero-order valence-corrected chi connectivity index (χ0v) is 17.2. The van der Waals surface area contributed by atoms with Gasteiger partial charge in [-0.05, 0) is 61.1 Å². The van der Waals surface area contributed by atoms with E-state index in [1.54, 1.807) is 11.3 Å². The van der Waals surface area contributed by atoms with Gasteiger partial charge in [0.25, 0.3) is 0 Å². The molecule has 1 aliphatic rings. The van der Waals surface area contributed by atoms with Crippen molar-refractivity contribution in [3.63, 3.8) is 0 Å². The topological polar surface area (TPSA) is 25.4 Å². The van der Waals surface area contributed by atoms with Crippen LogP contribution in [0.2, 0.25) is 5.02 Å². The zero-order valence-electron chi connectivity index (χ0n) is 15.6. The van der Waals surface area contributed by atoms with E-state index < -0.39 is 0 Å². The summed E-state index contributed by atoms with van der Waals surface area (Å²) in [6.45, 7) is 5.19. The minimum Gasteiger partial charge on any atom is -0.494 e. The number of thiazole rings is 1. The van der Waals surface area contributed by atoms with Crippen molar-refractivity contribution in [3.05, 3.63) is 53.6 Å². The lowest BCUT2D eigenvalue weighted by molar-refractivity contribution is 0.149. The molecule has 5 heteroatoms. The SMILES string of the molecule is CCC1(CCOc2c[c]ccc2)CCN(c2nc3ccc(Cl)cc3s2)CC1. The third kappa shape index (κ3) is 4.22. The molecule has 1 aliphatic heterocycles. The van der Waals surface area contributed by atoms with Gasteiger partial charge in [0, 0.05) is 18.1 Å². The molecular weight excluding hydrogens is 376 g/mol. The average Bonchev–Trinajstić information content (AvgIpc) is 3.12. The van der Waals surface area contributed by atoms with Crippen LogP contribution in [0, 0.1) is 11.5 Å². The molecule has 4 rings (SSSR count). The van der Waals surface area contributed by atoms with Crippen molar-refractivity contribution in [1.82, 2.24) is 4.98 Å². The summed E-state index contributed by atoms with van der Waals surface area (Å²) in [4.78, 5) is 7.24. The number of rotatable bonds is 6. The van der Waals surface area contributed by atoms with Gasteiger partial charge in [0.15, 0.2) is 5.13 Å². The lowest BCUT2D eigenvalue weighted by atomic mass is 9.74. The van der Waals surface area contributed by atoms with Gasteiger partial charge in [-0.1, -0.05) is 48.4 Å². The van der Waals surface area contributed by atoms with Crippen molar-refractivity contribution in [1.29, 1.82) is 0 Å². The highest BCUT2D eigenvalue weighted by Gasteiger charge is 2.33. The number of piperidine rings is 1. The summed E-state index contributed by atoms with van der Waals surface area (Å²) in [5.41, 5.74) is 1.41. The quantitative estimate of drug-likeness (QED) is 0.492. The van der Waals surface area contributed by atoms with Crippen molar-refractivity contribution in [2.45, 2.75) is 32.6 Å². The van der Waals surface area contributed by atoms with Gasteiger partial charge < -0.3 is 9.64 Å². The Bertz CT molecular complexity index is 888. The lowest BCUT2D eigenvalue weighted by Crippen LogP contribution is -2.40. The fraction of sp³-hybridized carbons (Fsp3) is 0.409. The highest BCUT2D eigenvalue weighted by atomic mass is 35.5. The molecule has 27 heavy (non-hydrogen) atoms. The number of fused-ring (bicyclic) bond motifs is 1. The van der Waals surface area contributed by atoms with Crippen LogP contribution < -0.4 is 9.64 Å². The van der Waals surface area contributed by atoms with E-state index in [4.69, 9.17) is 21.3 Å². The highest BCUT2D eigenvalue weighted by molar-refractivity contribution is 7.22. The van der Waals surface area contributed by atoms with Crippen LogP contribution in [0.1, 0.15) is 32.6 Å². The second-order valence-corrected chi connectivity index (χ2v) is 8.73. The van der Waals surface area contributed by atoms with Crippen molar-refractivity contribution >= 4 is 38.3 Å². The zero-order chi connectivity index (χ0) is 18.7. The highest BCUT2D eigenvalue weighted by Crippen LogP contribution is 2.41. The molecule has 2 heterocycles. The number of benzene rings is 2. The van der Waals surface area contributed by atoms with E-state index in [9.17, 15) is 0 Å². The Kier molecular flexibility index (Phi) is 5.55. The van der Waals surface area contributed by atoms with Crippen molar-refractivity contribution < 1.29 is 4.74 Å². The van der Waals surface area contributed by atoms with Crippen LogP contribution in [0.25, 0.3) is 10.2 Å². The van der Waals surface area contributed by atoms with Crippen LogP contribution in [0.3, 0.4) is 0 Å². The number of aromatic nitrogens is 1. The first kappa shape index (κ1) is 18.6. The fourth-order valence-corrected chi connectivity index (χ4v) is 5.12. The number of anilines is 1.